The van der Waals surface area contributed by atoms with Gasteiger partial charge < -0.3 is 5.32 Å². The number of sulfone groups is 1. The van der Waals surface area contributed by atoms with Crippen LogP contribution in [-0.4, -0.2) is 32.5 Å². The van der Waals surface area contributed by atoms with Gasteiger partial charge >= 0.3 is 0 Å². The van der Waals surface area contributed by atoms with Gasteiger partial charge in [0.15, 0.2) is 9.84 Å². The zero-order valence-corrected chi connectivity index (χ0v) is 11.5. The van der Waals surface area contributed by atoms with E-state index in [2.05, 4.69) is 26.1 Å². The van der Waals surface area contributed by atoms with Crippen LogP contribution in [0.4, 0.5) is 0 Å². The van der Waals surface area contributed by atoms with Crippen LogP contribution in [-0.2, 0) is 9.84 Å². The van der Waals surface area contributed by atoms with Crippen LogP contribution in [0.1, 0.15) is 40.0 Å². The standard InChI is InChI=1S/C12H25NO2S/c1-4-13-12(7-10(2)3)8-11-5-6-16(14,15)9-11/h10-13H,4-9H2,1-3H3. The monoisotopic (exact) mass is 247 g/mol. The van der Waals surface area contributed by atoms with Crippen molar-refractivity contribution in [3.8, 4) is 0 Å². The molecule has 1 heterocycles. The van der Waals surface area contributed by atoms with Crippen molar-refractivity contribution in [2.24, 2.45) is 11.8 Å². The molecule has 0 aliphatic carbocycles. The van der Waals surface area contributed by atoms with Crippen molar-refractivity contribution < 1.29 is 8.42 Å². The van der Waals surface area contributed by atoms with Gasteiger partial charge in [-0.15, -0.1) is 0 Å². The molecule has 0 bridgehead atoms. The third-order valence-electron chi connectivity index (χ3n) is 3.19. The van der Waals surface area contributed by atoms with E-state index in [-0.39, 0.29) is 0 Å². The summed E-state index contributed by atoms with van der Waals surface area (Å²) < 4.78 is 22.8. The van der Waals surface area contributed by atoms with E-state index in [1.54, 1.807) is 0 Å². The van der Waals surface area contributed by atoms with Crippen LogP contribution in [0.5, 0.6) is 0 Å². The molecule has 0 radical (unpaired) electrons. The van der Waals surface area contributed by atoms with Gasteiger partial charge in [-0.1, -0.05) is 20.8 Å². The molecule has 1 rings (SSSR count). The van der Waals surface area contributed by atoms with Crippen molar-refractivity contribution in [1.82, 2.24) is 5.32 Å². The maximum absolute atomic E-state index is 11.4. The average Bonchev–Trinajstić information content (AvgIpc) is 2.44. The van der Waals surface area contributed by atoms with Gasteiger partial charge in [0.25, 0.3) is 0 Å². The molecule has 0 saturated carbocycles. The van der Waals surface area contributed by atoms with Crippen LogP contribution in [0.3, 0.4) is 0 Å². The summed E-state index contributed by atoms with van der Waals surface area (Å²) in [6.07, 6.45) is 3.03. The van der Waals surface area contributed by atoms with Gasteiger partial charge in [0.05, 0.1) is 11.5 Å². The Morgan fingerprint density at radius 1 is 1.38 bits per heavy atom. The zero-order chi connectivity index (χ0) is 12.2. The second kappa shape index (κ2) is 6.01. The van der Waals surface area contributed by atoms with Crippen molar-refractivity contribution in [3.63, 3.8) is 0 Å². The van der Waals surface area contributed by atoms with Gasteiger partial charge in [-0.05, 0) is 37.6 Å². The summed E-state index contributed by atoms with van der Waals surface area (Å²) >= 11 is 0. The van der Waals surface area contributed by atoms with Gasteiger partial charge in [0, 0.05) is 6.04 Å². The van der Waals surface area contributed by atoms with Crippen molar-refractivity contribution >= 4 is 9.84 Å². The number of hydrogen-bond donors (Lipinski definition) is 1. The van der Waals surface area contributed by atoms with Crippen molar-refractivity contribution in [3.05, 3.63) is 0 Å². The van der Waals surface area contributed by atoms with E-state index < -0.39 is 9.84 Å². The van der Waals surface area contributed by atoms with E-state index in [9.17, 15) is 8.42 Å². The Hall–Kier alpha value is -0.0900. The second-order valence-electron chi connectivity index (χ2n) is 5.39. The fraction of sp³-hybridized carbons (Fsp3) is 1.00. The third kappa shape index (κ3) is 4.83. The normalized spacial score (nSPS) is 26.1. The molecule has 2 atom stereocenters. The van der Waals surface area contributed by atoms with Crippen LogP contribution >= 0.6 is 0 Å². The lowest BCUT2D eigenvalue weighted by molar-refractivity contribution is 0.357. The minimum atomic E-state index is -2.71. The summed E-state index contributed by atoms with van der Waals surface area (Å²) in [5, 5.41) is 3.47. The van der Waals surface area contributed by atoms with Gasteiger partial charge in [0.1, 0.15) is 0 Å². The highest BCUT2D eigenvalue weighted by molar-refractivity contribution is 7.91. The summed E-state index contributed by atoms with van der Waals surface area (Å²) in [5.74, 6) is 1.86. The Balaban J connectivity index is 2.43. The lowest BCUT2D eigenvalue weighted by atomic mass is 9.93. The highest BCUT2D eigenvalue weighted by atomic mass is 32.2. The lowest BCUT2D eigenvalue weighted by Gasteiger charge is -2.22. The SMILES string of the molecule is CCNC(CC(C)C)CC1CCS(=O)(=O)C1. The molecule has 0 aromatic rings. The van der Waals surface area contributed by atoms with E-state index >= 15 is 0 Å². The predicted molar refractivity (Wildman–Crippen MR) is 68.3 cm³/mol. The van der Waals surface area contributed by atoms with E-state index in [0.29, 0.717) is 29.4 Å². The Bertz CT molecular complexity index is 298. The first-order valence-corrected chi connectivity index (χ1v) is 8.19. The van der Waals surface area contributed by atoms with Gasteiger partial charge in [0.2, 0.25) is 0 Å². The molecule has 1 N–H and O–H groups in total. The Morgan fingerprint density at radius 2 is 2.06 bits per heavy atom. The maximum atomic E-state index is 11.4. The fourth-order valence-electron chi connectivity index (χ4n) is 2.58. The van der Waals surface area contributed by atoms with Crippen molar-refractivity contribution in [2.75, 3.05) is 18.1 Å². The molecule has 16 heavy (non-hydrogen) atoms. The largest absolute Gasteiger partial charge is 0.314 e. The highest BCUT2D eigenvalue weighted by Crippen LogP contribution is 2.24. The molecular weight excluding hydrogens is 222 g/mol. The molecule has 1 fully saturated rings. The molecule has 1 aliphatic rings. The molecule has 2 unspecified atom stereocenters. The van der Waals surface area contributed by atoms with Gasteiger partial charge in [-0.2, -0.15) is 0 Å². The molecule has 1 saturated heterocycles. The summed E-state index contributed by atoms with van der Waals surface area (Å²) in [6.45, 7) is 7.51. The third-order valence-corrected chi connectivity index (χ3v) is 5.03. The molecular formula is C12H25NO2S. The van der Waals surface area contributed by atoms with E-state index in [4.69, 9.17) is 0 Å². The molecule has 0 aromatic heterocycles. The number of nitrogens with one attached hydrogen (secondary N) is 1. The van der Waals surface area contributed by atoms with Crippen LogP contribution in [0.25, 0.3) is 0 Å². The zero-order valence-electron chi connectivity index (χ0n) is 10.7. The molecule has 3 nitrogen and oxygen atoms in total. The summed E-state index contributed by atoms with van der Waals surface area (Å²) in [7, 11) is -2.71. The topological polar surface area (TPSA) is 46.2 Å². The first kappa shape index (κ1) is 14.0. The molecule has 0 amide bonds. The fourth-order valence-corrected chi connectivity index (χ4v) is 4.46. The number of rotatable bonds is 6. The molecule has 0 aromatic carbocycles. The van der Waals surface area contributed by atoms with Crippen LogP contribution < -0.4 is 5.32 Å². The van der Waals surface area contributed by atoms with E-state index in [1.165, 1.54) is 0 Å². The summed E-state index contributed by atoms with van der Waals surface area (Å²) in [4.78, 5) is 0. The Kier molecular flexibility index (Phi) is 5.25. The van der Waals surface area contributed by atoms with Crippen molar-refractivity contribution in [1.29, 1.82) is 0 Å². The van der Waals surface area contributed by atoms with Crippen LogP contribution in [0.2, 0.25) is 0 Å². The minimum Gasteiger partial charge on any atom is -0.314 e. The van der Waals surface area contributed by atoms with E-state index in [0.717, 1.165) is 25.8 Å². The van der Waals surface area contributed by atoms with Crippen LogP contribution in [0, 0.1) is 11.8 Å². The maximum Gasteiger partial charge on any atom is 0.150 e. The summed E-state index contributed by atoms with van der Waals surface area (Å²) in [5.41, 5.74) is 0. The van der Waals surface area contributed by atoms with Gasteiger partial charge in [-0.3, -0.25) is 0 Å². The van der Waals surface area contributed by atoms with Gasteiger partial charge in [-0.25, -0.2) is 8.42 Å². The Morgan fingerprint density at radius 3 is 2.50 bits per heavy atom. The van der Waals surface area contributed by atoms with Crippen LogP contribution in [0.15, 0.2) is 0 Å². The summed E-state index contributed by atoms with van der Waals surface area (Å²) in [6, 6.07) is 0.489. The Labute approximate surface area is 99.9 Å². The smallest absolute Gasteiger partial charge is 0.150 e. The predicted octanol–water partition coefficient (Wildman–Crippen LogP) is 1.84. The number of hydrogen-bond acceptors (Lipinski definition) is 3. The van der Waals surface area contributed by atoms with Crippen molar-refractivity contribution in [2.45, 2.75) is 46.1 Å². The lowest BCUT2D eigenvalue weighted by Crippen LogP contribution is -2.32. The highest BCUT2D eigenvalue weighted by Gasteiger charge is 2.29. The molecule has 0 spiro atoms. The molecule has 4 heteroatoms. The molecule has 96 valence electrons. The average molecular weight is 247 g/mol. The quantitative estimate of drug-likeness (QED) is 0.779. The minimum absolute atomic E-state index is 0.382. The first-order valence-electron chi connectivity index (χ1n) is 6.36. The second-order valence-corrected chi connectivity index (χ2v) is 7.62. The van der Waals surface area contributed by atoms with E-state index in [1.807, 2.05) is 0 Å². The first-order chi connectivity index (χ1) is 7.43. The molecule has 1 aliphatic heterocycles.